The van der Waals surface area contributed by atoms with E-state index < -0.39 is 10.8 Å². The van der Waals surface area contributed by atoms with Crippen LogP contribution in [0, 0.1) is 0 Å². The summed E-state index contributed by atoms with van der Waals surface area (Å²) in [4.78, 5) is 1.24. The van der Waals surface area contributed by atoms with Crippen LogP contribution < -0.4 is 0 Å². The summed E-state index contributed by atoms with van der Waals surface area (Å²) >= 11 is 1.76. The number of hydrogen-bond donors (Lipinski definition) is 0. The van der Waals surface area contributed by atoms with Crippen LogP contribution in [0.15, 0.2) is 35.2 Å². The predicted molar refractivity (Wildman–Crippen MR) is 58.3 cm³/mol. The molecule has 1 aliphatic heterocycles. The highest BCUT2D eigenvalue weighted by atomic mass is 32.2. The fourth-order valence-corrected chi connectivity index (χ4v) is 4.52. The Morgan fingerprint density at radius 1 is 1.31 bits per heavy atom. The van der Waals surface area contributed by atoms with Gasteiger partial charge >= 0.3 is 0 Å². The van der Waals surface area contributed by atoms with Crippen molar-refractivity contribution in [2.75, 3.05) is 5.75 Å². The van der Waals surface area contributed by atoms with Crippen molar-refractivity contribution in [1.29, 1.82) is 0 Å². The maximum atomic E-state index is 11.5. The van der Waals surface area contributed by atoms with Crippen molar-refractivity contribution in [3.8, 4) is 0 Å². The smallest absolute Gasteiger partial charge is 0.0848 e. The van der Waals surface area contributed by atoms with Crippen LogP contribution in [0.4, 0.5) is 0 Å². The van der Waals surface area contributed by atoms with E-state index >= 15 is 0 Å². The van der Waals surface area contributed by atoms with Crippen LogP contribution in [0.5, 0.6) is 0 Å². The van der Waals surface area contributed by atoms with Gasteiger partial charge in [-0.15, -0.1) is 11.8 Å². The summed E-state index contributed by atoms with van der Waals surface area (Å²) in [5.41, 5.74) is 0. The summed E-state index contributed by atoms with van der Waals surface area (Å²) in [5.74, 6) is 0.893. The number of rotatable bonds is 2. The van der Waals surface area contributed by atoms with Crippen LogP contribution in [-0.2, 0) is 10.8 Å². The summed E-state index contributed by atoms with van der Waals surface area (Å²) < 4.78 is 11.8. The Kier molecular flexibility index (Phi) is 3.06. The second-order valence-electron chi connectivity index (χ2n) is 3.09. The summed E-state index contributed by atoms with van der Waals surface area (Å²) in [6, 6.07) is 10.2. The maximum Gasteiger partial charge on any atom is 0.0848 e. The first-order chi connectivity index (χ1) is 6.36. The predicted octanol–water partition coefficient (Wildman–Crippen LogP) is 2.65. The van der Waals surface area contributed by atoms with Crippen LogP contribution >= 0.6 is 11.8 Å². The third-order valence-corrected chi connectivity index (χ3v) is 5.58. The molecule has 2 rings (SSSR count). The van der Waals surface area contributed by atoms with Crippen molar-refractivity contribution in [2.24, 2.45) is 0 Å². The van der Waals surface area contributed by atoms with Gasteiger partial charge in [0.2, 0.25) is 0 Å². The van der Waals surface area contributed by atoms with Crippen molar-refractivity contribution in [3.63, 3.8) is 0 Å². The van der Waals surface area contributed by atoms with Crippen molar-refractivity contribution < 1.29 is 4.21 Å². The fraction of sp³-hybridized carbons (Fsp3) is 0.400. The fourth-order valence-electron chi connectivity index (χ4n) is 1.42. The molecule has 1 saturated heterocycles. The van der Waals surface area contributed by atoms with E-state index in [1.807, 2.05) is 18.2 Å². The minimum atomic E-state index is -0.598. The van der Waals surface area contributed by atoms with E-state index in [0.29, 0.717) is 4.58 Å². The Balaban J connectivity index is 2.02. The molecule has 0 aromatic heterocycles. The Morgan fingerprint density at radius 3 is 2.69 bits per heavy atom. The van der Waals surface area contributed by atoms with Gasteiger partial charge in [-0.1, -0.05) is 18.2 Å². The third-order valence-electron chi connectivity index (χ3n) is 2.09. The summed E-state index contributed by atoms with van der Waals surface area (Å²) in [6.07, 6.45) is 2.23. The van der Waals surface area contributed by atoms with Gasteiger partial charge in [-0.25, -0.2) is 0 Å². The Bertz CT molecular complexity index is 297. The molecule has 0 aliphatic carbocycles. The summed E-state index contributed by atoms with van der Waals surface area (Å²) in [7, 11) is -0.598. The number of thioether (sulfide) groups is 1. The molecule has 0 bridgehead atoms. The summed E-state index contributed by atoms with van der Waals surface area (Å²) in [6.45, 7) is 0. The van der Waals surface area contributed by atoms with Gasteiger partial charge in [-0.2, -0.15) is 0 Å². The Labute approximate surface area is 85.4 Å². The lowest BCUT2D eigenvalue weighted by Gasteiger charge is -2.06. The molecule has 13 heavy (non-hydrogen) atoms. The van der Waals surface area contributed by atoms with Gasteiger partial charge in [-0.3, -0.25) is 4.21 Å². The zero-order valence-electron chi connectivity index (χ0n) is 7.31. The lowest BCUT2D eigenvalue weighted by molar-refractivity contribution is 0.686. The van der Waals surface area contributed by atoms with Crippen LogP contribution in [0.2, 0.25) is 0 Å². The zero-order valence-corrected chi connectivity index (χ0v) is 8.94. The molecule has 1 nitrogen and oxygen atoms in total. The highest BCUT2D eigenvalue weighted by Crippen LogP contribution is 2.32. The van der Waals surface area contributed by atoms with Gasteiger partial charge in [0.1, 0.15) is 0 Å². The van der Waals surface area contributed by atoms with E-state index in [0.717, 1.165) is 18.6 Å². The van der Waals surface area contributed by atoms with Gasteiger partial charge < -0.3 is 0 Å². The van der Waals surface area contributed by atoms with Crippen molar-refractivity contribution in [3.05, 3.63) is 30.3 Å². The molecule has 0 saturated carbocycles. The minimum absolute atomic E-state index is 0.336. The van der Waals surface area contributed by atoms with E-state index in [1.165, 1.54) is 4.90 Å². The molecular weight excluding hydrogens is 200 g/mol. The van der Waals surface area contributed by atoms with Gasteiger partial charge in [0.25, 0.3) is 0 Å². The largest absolute Gasteiger partial charge is 0.258 e. The SMILES string of the molecule is O=S1CCCC1Sc1ccccc1. The average molecular weight is 212 g/mol. The number of hydrogen-bond acceptors (Lipinski definition) is 2. The van der Waals surface area contributed by atoms with Crippen molar-refractivity contribution >= 4 is 22.6 Å². The molecule has 0 spiro atoms. The van der Waals surface area contributed by atoms with Gasteiger partial charge in [-0.05, 0) is 25.0 Å². The van der Waals surface area contributed by atoms with Crippen molar-refractivity contribution in [1.82, 2.24) is 0 Å². The first-order valence-electron chi connectivity index (χ1n) is 4.45. The van der Waals surface area contributed by atoms with Gasteiger partial charge in [0, 0.05) is 21.4 Å². The number of benzene rings is 1. The monoisotopic (exact) mass is 212 g/mol. The van der Waals surface area contributed by atoms with E-state index in [9.17, 15) is 4.21 Å². The van der Waals surface area contributed by atoms with Crippen LogP contribution in [0.25, 0.3) is 0 Å². The molecule has 1 heterocycles. The lowest BCUT2D eigenvalue weighted by atomic mass is 10.4. The molecule has 0 amide bonds. The van der Waals surface area contributed by atoms with Crippen LogP contribution in [-0.4, -0.2) is 14.5 Å². The maximum absolute atomic E-state index is 11.5. The molecule has 1 aliphatic rings. The van der Waals surface area contributed by atoms with E-state index in [4.69, 9.17) is 0 Å². The van der Waals surface area contributed by atoms with Crippen LogP contribution in [0.1, 0.15) is 12.8 Å². The Hall–Kier alpha value is -0.280. The van der Waals surface area contributed by atoms with Gasteiger partial charge in [0.05, 0.1) is 4.58 Å². The molecule has 2 unspecified atom stereocenters. The van der Waals surface area contributed by atoms with E-state index in [1.54, 1.807) is 11.8 Å². The third kappa shape index (κ3) is 2.35. The molecule has 1 aromatic rings. The van der Waals surface area contributed by atoms with Crippen molar-refractivity contribution in [2.45, 2.75) is 22.3 Å². The molecular formula is C10H12OS2. The first kappa shape index (κ1) is 9.28. The summed E-state index contributed by atoms with van der Waals surface area (Å²) in [5, 5.41) is 0. The normalized spacial score (nSPS) is 27.7. The second-order valence-corrected chi connectivity index (χ2v) is 6.40. The average Bonchev–Trinajstić information content (AvgIpc) is 2.54. The van der Waals surface area contributed by atoms with Crippen LogP contribution in [0.3, 0.4) is 0 Å². The highest BCUT2D eigenvalue weighted by Gasteiger charge is 2.23. The van der Waals surface area contributed by atoms with E-state index in [2.05, 4.69) is 12.1 Å². The molecule has 70 valence electrons. The molecule has 1 fully saturated rings. The standard InChI is InChI=1S/C10H12OS2/c11-13-8-4-7-10(13)12-9-5-2-1-3-6-9/h1-3,5-6,10H,4,7-8H2. The second kappa shape index (κ2) is 4.29. The quantitative estimate of drug-likeness (QED) is 0.749. The minimum Gasteiger partial charge on any atom is -0.258 e. The highest BCUT2D eigenvalue weighted by molar-refractivity contribution is 8.11. The van der Waals surface area contributed by atoms with Gasteiger partial charge in [0.15, 0.2) is 0 Å². The molecule has 0 N–H and O–H groups in total. The lowest BCUT2D eigenvalue weighted by Crippen LogP contribution is -2.02. The molecule has 3 heteroatoms. The molecule has 2 atom stereocenters. The zero-order chi connectivity index (χ0) is 9.10. The topological polar surface area (TPSA) is 17.1 Å². The molecule has 1 aromatic carbocycles. The Morgan fingerprint density at radius 2 is 2.08 bits per heavy atom. The molecule has 0 radical (unpaired) electrons. The first-order valence-corrected chi connectivity index (χ1v) is 6.71. The van der Waals surface area contributed by atoms with E-state index in [-0.39, 0.29) is 0 Å².